The molecule has 2 aliphatic heterocycles. The molecule has 0 aliphatic carbocycles. The normalized spacial score (nSPS) is 21.1. The topological polar surface area (TPSA) is 56.4 Å². The molecule has 31 heavy (non-hydrogen) atoms. The number of H-pyrrole nitrogens is 1. The first-order valence-electron chi connectivity index (χ1n) is 11.3. The van der Waals surface area contributed by atoms with Crippen LogP contribution in [0.15, 0.2) is 48.5 Å². The van der Waals surface area contributed by atoms with E-state index < -0.39 is 5.54 Å². The average Bonchev–Trinajstić information content (AvgIpc) is 3.28. The van der Waals surface area contributed by atoms with Crippen LogP contribution in [0.3, 0.4) is 0 Å². The van der Waals surface area contributed by atoms with Gasteiger partial charge in [-0.3, -0.25) is 9.59 Å². The second kappa shape index (κ2) is 6.98. The van der Waals surface area contributed by atoms with Crippen molar-refractivity contribution in [2.45, 2.75) is 52.1 Å². The molecule has 5 rings (SSSR count). The van der Waals surface area contributed by atoms with E-state index in [1.807, 2.05) is 80.0 Å². The number of anilines is 1. The van der Waals surface area contributed by atoms with Crippen molar-refractivity contribution >= 4 is 28.4 Å². The van der Waals surface area contributed by atoms with E-state index in [1.165, 1.54) is 0 Å². The molecule has 2 atom stereocenters. The lowest BCUT2D eigenvalue weighted by Crippen LogP contribution is -2.60. The molecule has 0 unspecified atom stereocenters. The lowest BCUT2D eigenvalue weighted by molar-refractivity contribution is -0.148. The number of amides is 2. The highest BCUT2D eigenvalue weighted by Crippen LogP contribution is 2.52. The van der Waals surface area contributed by atoms with Gasteiger partial charge in [0.15, 0.2) is 5.54 Å². The molecule has 0 bridgehead atoms. The minimum Gasteiger partial charge on any atom is -0.355 e. The fourth-order valence-electron chi connectivity index (χ4n) is 5.41. The maximum atomic E-state index is 14.4. The molecule has 0 saturated heterocycles. The van der Waals surface area contributed by atoms with Gasteiger partial charge < -0.3 is 14.8 Å². The Hall–Kier alpha value is -3.08. The van der Waals surface area contributed by atoms with Crippen LogP contribution in [0, 0.1) is 5.92 Å². The average molecular weight is 416 g/mol. The highest BCUT2D eigenvalue weighted by atomic mass is 16.2. The van der Waals surface area contributed by atoms with E-state index >= 15 is 0 Å². The van der Waals surface area contributed by atoms with Gasteiger partial charge >= 0.3 is 0 Å². The van der Waals surface area contributed by atoms with Crippen LogP contribution in [0.1, 0.15) is 50.9 Å². The first-order chi connectivity index (χ1) is 14.9. The molecule has 5 nitrogen and oxygen atoms in total. The molecule has 2 aromatic carbocycles. The maximum absolute atomic E-state index is 14.4. The first kappa shape index (κ1) is 19.9. The van der Waals surface area contributed by atoms with Crippen molar-refractivity contribution in [2.24, 2.45) is 5.92 Å². The fourth-order valence-corrected chi connectivity index (χ4v) is 5.41. The van der Waals surface area contributed by atoms with Gasteiger partial charge in [0, 0.05) is 35.0 Å². The molecule has 1 aromatic heterocycles. The van der Waals surface area contributed by atoms with Gasteiger partial charge in [-0.15, -0.1) is 0 Å². The number of aromatic amines is 1. The summed E-state index contributed by atoms with van der Waals surface area (Å²) in [6.45, 7) is 8.58. The van der Waals surface area contributed by atoms with Gasteiger partial charge in [0.2, 0.25) is 5.91 Å². The summed E-state index contributed by atoms with van der Waals surface area (Å²) >= 11 is 0. The molecular weight excluding hydrogens is 386 g/mol. The second-order valence-corrected chi connectivity index (χ2v) is 9.07. The quantitative estimate of drug-likeness (QED) is 0.680. The molecule has 160 valence electrons. The summed E-state index contributed by atoms with van der Waals surface area (Å²) in [5.74, 6) is -0.135. The third-order valence-corrected chi connectivity index (χ3v) is 7.06. The van der Waals surface area contributed by atoms with E-state index in [9.17, 15) is 9.59 Å². The van der Waals surface area contributed by atoms with E-state index in [2.05, 4.69) is 11.1 Å². The van der Waals surface area contributed by atoms with E-state index in [1.54, 1.807) is 0 Å². The fraction of sp³-hybridized carbons (Fsp3) is 0.385. The highest BCUT2D eigenvalue weighted by molar-refractivity contribution is 6.13. The van der Waals surface area contributed by atoms with Crippen LogP contribution in [0.2, 0.25) is 0 Å². The van der Waals surface area contributed by atoms with Gasteiger partial charge in [-0.25, -0.2) is 0 Å². The van der Waals surface area contributed by atoms with Crippen molar-refractivity contribution in [3.05, 3.63) is 65.4 Å². The monoisotopic (exact) mass is 415 g/mol. The van der Waals surface area contributed by atoms with Gasteiger partial charge in [0.1, 0.15) is 0 Å². The van der Waals surface area contributed by atoms with Crippen LogP contribution >= 0.6 is 0 Å². The Balaban J connectivity index is 1.87. The Labute approximate surface area is 183 Å². The summed E-state index contributed by atoms with van der Waals surface area (Å²) < 4.78 is 0. The number of rotatable bonds is 3. The number of carbonyl (C=O) groups excluding carboxylic acids is 2. The molecule has 0 saturated carbocycles. The first-order valence-corrected chi connectivity index (χ1v) is 11.3. The Bertz CT molecular complexity index is 1190. The van der Waals surface area contributed by atoms with Crippen LogP contribution in [-0.4, -0.2) is 34.3 Å². The molecule has 2 amide bonds. The molecular formula is C26H29N3O2. The number of fused-ring (bicyclic) bond motifs is 6. The van der Waals surface area contributed by atoms with Gasteiger partial charge in [0.05, 0.1) is 11.4 Å². The molecule has 0 fully saturated rings. The summed E-state index contributed by atoms with van der Waals surface area (Å²) in [5, 5.41) is 1.14. The Morgan fingerprint density at radius 2 is 1.81 bits per heavy atom. The Morgan fingerprint density at radius 3 is 2.55 bits per heavy atom. The Morgan fingerprint density at radius 1 is 1.10 bits per heavy atom. The number of benzene rings is 2. The van der Waals surface area contributed by atoms with Crippen molar-refractivity contribution < 1.29 is 9.59 Å². The largest absolute Gasteiger partial charge is 0.355 e. The molecule has 3 aromatic rings. The number of nitrogens with one attached hydrogen (secondary N) is 1. The van der Waals surface area contributed by atoms with Crippen LogP contribution in [0.4, 0.5) is 5.69 Å². The predicted molar refractivity (Wildman–Crippen MR) is 123 cm³/mol. The van der Waals surface area contributed by atoms with Crippen molar-refractivity contribution in [3.8, 4) is 0 Å². The molecule has 1 N–H and O–H groups in total. The molecule has 3 heterocycles. The number of para-hydroxylation sites is 2. The summed E-state index contributed by atoms with van der Waals surface area (Å²) in [4.78, 5) is 35.4. The van der Waals surface area contributed by atoms with Gasteiger partial charge in [0.25, 0.3) is 5.91 Å². The molecule has 1 spiro atoms. The summed E-state index contributed by atoms with van der Waals surface area (Å²) in [6, 6.07) is 16.1. The minimum atomic E-state index is -1.14. The van der Waals surface area contributed by atoms with Crippen molar-refractivity contribution in [3.63, 3.8) is 0 Å². The van der Waals surface area contributed by atoms with E-state index in [-0.39, 0.29) is 23.8 Å². The summed E-state index contributed by atoms with van der Waals surface area (Å²) in [5.41, 5.74) is 3.68. The third kappa shape index (κ3) is 2.49. The van der Waals surface area contributed by atoms with Crippen molar-refractivity contribution in [1.29, 1.82) is 0 Å². The Kier molecular flexibility index (Phi) is 4.47. The predicted octanol–water partition coefficient (Wildman–Crippen LogP) is 4.60. The number of aromatic nitrogens is 1. The molecule has 5 heteroatoms. The van der Waals surface area contributed by atoms with Crippen LogP contribution in [0.25, 0.3) is 10.9 Å². The smallest absolute Gasteiger partial charge is 0.264 e. The molecule has 2 aliphatic rings. The van der Waals surface area contributed by atoms with Crippen molar-refractivity contribution in [2.75, 3.05) is 11.4 Å². The zero-order chi connectivity index (χ0) is 21.9. The van der Waals surface area contributed by atoms with Crippen LogP contribution in [-0.2, 0) is 21.5 Å². The number of hydrogen-bond donors (Lipinski definition) is 1. The standard InChI is InChI=1S/C26H29N3O2/c1-5-17(4)24(30)28-15-14-19-18-10-6-8-12-21(18)27-23(19)26(28)20-11-7-9-13-22(20)29(16(2)3)25(26)31/h6-13,16-17,27H,5,14-15H2,1-4H3/t17-,26+/m0/s1. The van der Waals surface area contributed by atoms with Gasteiger partial charge in [-0.1, -0.05) is 50.2 Å². The van der Waals surface area contributed by atoms with Gasteiger partial charge in [-0.05, 0) is 44.4 Å². The minimum absolute atomic E-state index is 0.0108. The molecule has 0 radical (unpaired) electrons. The van der Waals surface area contributed by atoms with E-state index in [0.29, 0.717) is 6.54 Å². The van der Waals surface area contributed by atoms with Crippen LogP contribution in [0.5, 0.6) is 0 Å². The zero-order valence-electron chi connectivity index (χ0n) is 18.6. The van der Waals surface area contributed by atoms with E-state index in [4.69, 9.17) is 0 Å². The van der Waals surface area contributed by atoms with Gasteiger partial charge in [-0.2, -0.15) is 0 Å². The number of hydrogen-bond acceptors (Lipinski definition) is 2. The maximum Gasteiger partial charge on any atom is 0.264 e. The highest BCUT2D eigenvalue weighted by Gasteiger charge is 2.61. The second-order valence-electron chi connectivity index (χ2n) is 9.07. The number of carbonyl (C=O) groups is 2. The number of nitrogens with zero attached hydrogens (tertiary/aromatic N) is 2. The zero-order valence-corrected chi connectivity index (χ0v) is 18.6. The lowest BCUT2D eigenvalue weighted by Gasteiger charge is -2.44. The van der Waals surface area contributed by atoms with Crippen molar-refractivity contribution in [1.82, 2.24) is 9.88 Å². The lowest BCUT2D eigenvalue weighted by atomic mass is 9.79. The SMILES string of the molecule is CC[C@H](C)C(=O)N1CCc2c([nH]c3ccccc23)[C@]12C(=O)N(C(C)C)c1ccccc12. The summed E-state index contributed by atoms with van der Waals surface area (Å²) in [6.07, 6.45) is 1.48. The summed E-state index contributed by atoms with van der Waals surface area (Å²) in [7, 11) is 0. The van der Waals surface area contributed by atoms with Crippen LogP contribution < -0.4 is 4.90 Å². The third-order valence-electron chi connectivity index (χ3n) is 7.06. The van der Waals surface area contributed by atoms with E-state index in [0.717, 1.165) is 46.3 Å².